The highest BCUT2D eigenvalue weighted by molar-refractivity contribution is 5.88. The van der Waals surface area contributed by atoms with E-state index in [0.717, 1.165) is 47.7 Å². The van der Waals surface area contributed by atoms with Crippen molar-refractivity contribution in [1.29, 1.82) is 5.26 Å². The number of nitrogens with one attached hydrogen (secondary N) is 3. The van der Waals surface area contributed by atoms with E-state index >= 15 is 0 Å². The van der Waals surface area contributed by atoms with Crippen molar-refractivity contribution in [3.8, 4) is 6.07 Å². The van der Waals surface area contributed by atoms with Gasteiger partial charge in [0.2, 0.25) is 0 Å². The van der Waals surface area contributed by atoms with E-state index in [-0.39, 0.29) is 0 Å². The molecule has 2 unspecified atom stereocenters. The van der Waals surface area contributed by atoms with Gasteiger partial charge in [-0.2, -0.15) is 10.4 Å². The smallest absolute Gasteiger partial charge is 0.156 e. The number of anilines is 3. The molecular formula is C21H25N9. The zero-order valence-corrected chi connectivity index (χ0v) is 17.0. The van der Waals surface area contributed by atoms with Crippen molar-refractivity contribution >= 4 is 28.5 Å². The summed E-state index contributed by atoms with van der Waals surface area (Å²) in [6.07, 6.45) is 8.54. The van der Waals surface area contributed by atoms with Crippen molar-refractivity contribution in [3.05, 3.63) is 30.2 Å². The summed E-state index contributed by atoms with van der Waals surface area (Å²) < 4.78 is 0. The van der Waals surface area contributed by atoms with Gasteiger partial charge < -0.3 is 10.6 Å². The number of pyridine rings is 1. The monoisotopic (exact) mass is 403 g/mol. The molecular weight excluding hydrogens is 378 g/mol. The van der Waals surface area contributed by atoms with Crippen molar-refractivity contribution in [1.82, 2.24) is 30.0 Å². The molecule has 0 spiro atoms. The van der Waals surface area contributed by atoms with Gasteiger partial charge in [-0.1, -0.05) is 0 Å². The third-order valence-electron chi connectivity index (χ3n) is 6.13. The molecule has 3 aromatic rings. The summed E-state index contributed by atoms with van der Waals surface area (Å²) in [4.78, 5) is 16.3. The molecule has 2 atom stereocenters. The van der Waals surface area contributed by atoms with Crippen molar-refractivity contribution in [2.45, 2.75) is 57.2 Å². The molecule has 2 bridgehead atoms. The summed E-state index contributed by atoms with van der Waals surface area (Å²) in [5.41, 5.74) is 2.55. The van der Waals surface area contributed by atoms with Crippen LogP contribution in [0, 0.1) is 18.3 Å². The van der Waals surface area contributed by atoms with Crippen molar-refractivity contribution in [2.24, 2.45) is 0 Å². The van der Waals surface area contributed by atoms with Gasteiger partial charge in [0.05, 0.1) is 11.6 Å². The van der Waals surface area contributed by atoms with Crippen LogP contribution < -0.4 is 10.6 Å². The largest absolute Gasteiger partial charge is 0.365 e. The number of aromatic nitrogens is 5. The molecule has 5 heterocycles. The standard InChI is InChI=1S/C21H25N9/c1-13-9-19(29-28-13)26-18-12-17-20(24-7-6-23-17)21(27-18)25-14-10-15-3-4-16(11-14)30(15)8-2-5-22/h6-7,9,12,14-16H,2-4,8,10-11H2,1H3,(H3,25,26,27,28,29). The molecule has 2 fully saturated rings. The van der Waals surface area contributed by atoms with Crippen LogP contribution in [0.2, 0.25) is 0 Å². The van der Waals surface area contributed by atoms with Gasteiger partial charge in [-0.05, 0) is 32.6 Å². The molecule has 0 aromatic carbocycles. The molecule has 9 nitrogen and oxygen atoms in total. The van der Waals surface area contributed by atoms with Crippen LogP contribution in [0.5, 0.6) is 0 Å². The molecule has 3 N–H and O–H groups in total. The average Bonchev–Trinajstić information content (AvgIpc) is 3.25. The van der Waals surface area contributed by atoms with E-state index in [9.17, 15) is 0 Å². The number of hydrogen-bond donors (Lipinski definition) is 3. The maximum Gasteiger partial charge on any atom is 0.156 e. The van der Waals surface area contributed by atoms with Crippen LogP contribution in [0.15, 0.2) is 24.5 Å². The predicted octanol–water partition coefficient (Wildman–Crippen LogP) is 3.12. The van der Waals surface area contributed by atoms with Gasteiger partial charge in [0.25, 0.3) is 0 Å². The van der Waals surface area contributed by atoms with E-state index in [2.05, 4.69) is 41.8 Å². The Morgan fingerprint density at radius 2 is 1.97 bits per heavy atom. The number of nitriles is 1. The van der Waals surface area contributed by atoms with Gasteiger partial charge in [-0.25, -0.2) is 9.97 Å². The van der Waals surface area contributed by atoms with Gasteiger partial charge >= 0.3 is 0 Å². The van der Waals surface area contributed by atoms with Gasteiger partial charge in [-0.15, -0.1) is 0 Å². The molecule has 2 saturated heterocycles. The Hall–Kier alpha value is -3.25. The zero-order chi connectivity index (χ0) is 20.5. The van der Waals surface area contributed by atoms with Gasteiger partial charge in [0.1, 0.15) is 11.3 Å². The lowest BCUT2D eigenvalue weighted by atomic mass is 9.97. The van der Waals surface area contributed by atoms with E-state index in [0.29, 0.717) is 30.4 Å². The number of nitrogens with zero attached hydrogens (tertiary/aromatic N) is 6. The highest BCUT2D eigenvalue weighted by Crippen LogP contribution is 2.37. The third-order valence-corrected chi connectivity index (χ3v) is 6.13. The Balaban J connectivity index is 1.38. The highest BCUT2D eigenvalue weighted by Gasteiger charge is 2.40. The third kappa shape index (κ3) is 3.66. The van der Waals surface area contributed by atoms with E-state index < -0.39 is 0 Å². The molecule has 5 rings (SSSR count). The van der Waals surface area contributed by atoms with Gasteiger partial charge in [-0.3, -0.25) is 15.0 Å². The Morgan fingerprint density at radius 3 is 2.70 bits per heavy atom. The summed E-state index contributed by atoms with van der Waals surface area (Å²) >= 11 is 0. The fourth-order valence-electron chi connectivity index (χ4n) is 4.88. The maximum atomic E-state index is 8.95. The quantitative estimate of drug-likeness (QED) is 0.574. The summed E-state index contributed by atoms with van der Waals surface area (Å²) in [5.74, 6) is 2.16. The molecule has 0 aliphatic carbocycles. The minimum atomic E-state index is 0.335. The lowest BCUT2D eigenvalue weighted by Gasteiger charge is -2.39. The van der Waals surface area contributed by atoms with Crippen LogP contribution in [0.3, 0.4) is 0 Å². The van der Waals surface area contributed by atoms with Crippen LogP contribution in [-0.4, -0.2) is 54.7 Å². The number of fused-ring (bicyclic) bond motifs is 3. The molecule has 3 aromatic heterocycles. The normalized spacial score (nSPS) is 23.4. The van der Waals surface area contributed by atoms with Crippen LogP contribution in [0.25, 0.3) is 11.0 Å². The summed E-state index contributed by atoms with van der Waals surface area (Å²) in [6, 6.07) is 7.53. The van der Waals surface area contributed by atoms with Gasteiger partial charge in [0, 0.05) is 61.3 Å². The second-order valence-corrected chi connectivity index (χ2v) is 8.18. The van der Waals surface area contributed by atoms with Gasteiger partial charge in [0.15, 0.2) is 11.6 Å². The minimum Gasteiger partial charge on any atom is -0.365 e. The first-order chi connectivity index (χ1) is 14.7. The lowest BCUT2D eigenvalue weighted by molar-refractivity contribution is 0.136. The number of rotatable bonds is 6. The first-order valence-electron chi connectivity index (χ1n) is 10.5. The number of H-pyrrole nitrogens is 1. The minimum absolute atomic E-state index is 0.335. The Morgan fingerprint density at radius 1 is 1.17 bits per heavy atom. The second kappa shape index (κ2) is 7.88. The summed E-state index contributed by atoms with van der Waals surface area (Å²) in [5, 5.41) is 23.0. The molecule has 2 aliphatic heterocycles. The molecule has 154 valence electrons. The Labute approximate surface area is 174 Å². The predicted molar refractivity (Wildman–Crippen MR) is 114 cm³/mol. The Kier molecular flexibility index (Phi) is 4.93. The van der Waals surface area contributed by atoms with Crippen molar-refractivity contribution in [3.63, 3.8) is 0 Å². The fourth-order valence-corrected chi connectivity index (χ4v) is 4.88. The lowest BCUT2D eigenvalue weighted by Crippen LogP contribution is -2.47. The summed E-state index contributed by atoms with van der Waals surface area (Å²) in [6.45, 7) is 2.84. The number of hydrogen-bond acceptors (Lipinski definition) is 8. The second-order valence-electron chi connectivity index (χ2n) is 8.18. The number of aromatic amines is 1. The molecule has 2 aliphatic rings. The molecule has 0 radical (unpaired) electrons. The molecule has 30 heavy (non-hydrogen) atoms. The first-order valence-corrected chi connectivity index (χ1v) is 10.5. The maximum absolute atomic E-state index is 8.95. The Bertz CT molecular complexity index is 1070. The number of piperidine rings is 1. The summed E-state index contributed by atoms with van der Waals surface area (Å²) in [7, 11) is 0. The van der Waals surface area contributed by atoms with Crippen LogP contribution >= 0.6 is 0 Å². The topological polar surface area (TPSA) is 118 Å². The van der Waals surface area contributed by atoms with Crippen LogP contribution in [0.4, 0.5) is 17.5 Å². The van der Waals surface area contributed by atoms with E-state index in [4.69, 9.17) is 10.2 Å². The SMILES string of the molecule is Cc1cc(Nc2cc3nccnc3c(NC3CC4CCC(C3)N4CCC#N)n2)n[nH]1. The van der Waals surface area contributed by atoms with Crippen LogP contribution in [0.1, 0.15) is 37.8 Å². The first kappa shape index (κ1) is 18.8. The van der Waals surface area contributed by atoms with Crippen LogP contribution in [-0.2, 0) is 0 Å². The fraction of sp³-hybridized carbons (Fsp3) is 0.476. The molecule has 0 amide bonds. The highest BCUT2D eigenvalue weighted by atomic mass is 15.2. The van der Waals surface area contributed by atoms with E-state index in [1.54, 1.807) is 12.4 Å². The number of aryl methyl sites for hydroxylation is 1. The van der Waals surface area contributed by atoms with Crippen molar-refractivity contribution in [2.75, 3.05) is 17.2 Å². The molecule has 9 heteroatoms. The van der Waals surface area contributed by atoms with Crippen molar-refractivity contribution < 1.29 is 0 Å². The average molecular weight is 403 g/mol. The van der Waals surface area contributed by atoms with E-state index in [1.165, 1.54) is 12.8 Å². The molecule has 0 saturated carbocycles. The van der Waals surface area contributed by atoms with E-state index in [1.807, 2.05) is 19.1 Å². The zero-order valence-electron chi connectivity index (χ0n) is 17.0.